The topological polar surface area (TPSA) is 66.4 Å². The average Bonchev–Trinajstić information content (AvgIpc) is 2.27. The van der Waals surface area contributed by atoms with Crippen LogP contribution in [0, 0.1) is 0 Å². The summed E-state index contributed by atoms with van der Waals surface area (Å²) in [5.41, 5.74) is 0.864. The van der Waals surface area contributed by atoms with Crippen LogP contribution >= 0.6 is 15.9 Å². The summed E-state index contributed by atoms with van der Waals surface area (Å²) in [5.74, 6) is -1.28. The van der Waals surface area contributed by atoms with Crippen LogP contribution in [0.3, 0.4) is 0 Å². The van der Waals surface area contributed by atoms with Crippen molar-refractivity contribution in [1.82, 2.24) is 5.32 Å². The molecule has 92 valence electrons. The molecule has 0 saturated heterocycles. The fourth-order valence-corrected chi connectivity index (χ4v) is 1.84. The zero-order valence-electron chi connectivity index (χ0n) is 9.44. The summed E-state index contributed by atoms with van der Waals surface area (Å²) >= 11 is 3.32. The Labute approximate surface area is 108 Å². The molecule has 0 aromatic heterocycles. The van der Waals surface area contributed by atoms with Crippen molar-refractivity contribution in [3.63, 3.8) is 0 Å². The molecule has 0 aliphatic carbocycles. The predicted molar refractivity (Wildman–Crippen MR) is 67.7 cm³/mol. The van der Waals surface area contributed by atoms with E-state index in [0.717, 1.165) is 10.0 Å². The minimum Gasteiger partial charge on any atom is -0.480 e. The molecule has 1 unspecified atom stereocenters. The highest BCUT2D eigenvalue weighted by atomic mass is 79.9. The van der Waals surface area contributed by atoms with Crippen LogP contribution in [0.2, 0.25) is 0 Å². The van der Waals surface area contributed by atoms with E-state index in [2.05, 4.69) is 21.2 Å². The number of amides is 1. The second kappa shape index (κ2) is 6.39. The van der Waals surface area contributed by atoms with Gasteiger partial charge in [-0.15, -0.1) is 0 Å². The maximum absolute atomic E-state index is 11.2. The summed E-state index contributed by atoms with van der Waals surface area (Å²) < 4.78 is 0.890. The van der Waals surface area contributed by atoms with E-state index in [1.54, 1.807) is 6.92 Å². The van der Waals surface area contributed by atoms with Gasteiger partial charge in [0.15, 0.2) is 0 Å². The molecule has 1 aromatic carbocycles. The molecule has 0 radical (unpaired) electrons. The number of hydrogen-bond acceptors (Lipinski definition) is 2. The van der Waals surface area contributed by atoms with E-state index in [4.69, 9.17) is 5.11 Å². The van der Waals surface area contributed by atoms with Crippen LogP contribution in [-0.4, -0.2) is 23.0 Å². The first-order chi connectivity index (χ1) is 8.02. The molecule has 1 amide bonds. The van der Waals surface area contributed by atoms with E-state index in [0.29, 0.717) is 0 Å². The molecule has 4 nitrogen and oxygen atoms in total. The minimum absolute atomic E-state index is 0.257. The van der Waals surface area contributed by atoms with Crippen molar-refractivity contribution >= 4 is 27.8 Å². The maximum Gasteiger partial charge on any atom is 0.326 e. The second-order valence-electron chi connectivity index (χ2n) is 3.65. The van der Waals surface area contributed by atoms with Crippen molar-refractivity contribution in [3.05, 3.63) is 34.3 Å². The van der Waals surface area contributed by atoms with Gasteiger partial charge in [0, 0.05) is 17.3 Å². The standard InChI is InChI=1S/C12H14BrNO3/c1-2-11(15)14-10(12(16)17)7-8-4-3-5-9(13)6-8/h3-6,10H,2,7H2,1H3,(H,14,15)(H,16,17). The zero-order valence-corrected chi connectivity index (χ0v) is 11.0. The molecule has 0 aliphatic heterocycles. The van der Waals surface area contributed by atoms with Crippen LogP contribution in [0.1, 0.15) is 18.9 Å². The lowest BCUT2D eigenvalue weighted by Crippen LogP contribution is -2.42. The van der Waals surface area contributed by atoms with Gasteiger partial charge in [-0.2, -0.15) is 0 Å². The monoisotopic (exact) mass is 299 g/mol. The Balaban J connectivity index is 2.73. The van der Waals surface area contributed by atoms with E-state index in [1.807, 2.05) is 24.3 Å². The Bertz CT molecular complexity index is 420. The molecular formula is C12H14BrNO3. The van der Waals surface area contributed by atoms with Crippen LogP contribution in [-0.2, 0) is 16.0 Å². The molecule has 0 aliphatic rings. The third kappa shape index (κ3) is 4.56. The maximum atomic E-state index is 11.2. The lowest BCUT2D eigenvalue weighted by Gasteiger charge is -2.14. The number of halogens is 1. The van der Waals surface area contributed by atoms with E-state index in [-0.39, 0.29) is 18.7 Å². The van der Waals surface area contributed by atoms with Crippen molar-refractivity contribution in [3.8, 4) is 0 Å². The van der Waals surface area contributed by atoms with Crippen molar-refractivity contribution in [2.45, 2.75) is 25.8 Å². The largest absolute Gasteiger partial charge is 0.480 e. The van der Waals surface area contributed by atoms with Crippen LogP contribution in [0.4, 0.5) is 0 Å². The number of nitrogens with one attached hydrogen (secondary N) is 1. The minimum atomic E-state index is -1.02. The third-order valence-corrected chi connectivity index (χ3v) is 2.78. The van der Waals surface area contributed by atoms with Crippen LogP contribution in [0.15, 0.2) is 28.7 Å². The normalized spacial score (nSPS) is 11.9. The zero-order chi connectivity index (χ0) is 12.8. The Morgan fingerprint density at radius 2 is 2.18 bits per heavy atom. The van der Waals surface area contributed by atoms with Crippen LogP contribution in [0.5, 0.6) is 0 Å². The molecule has 0 bridgehead atoms. The Kier molecular flexibility index (Phi) is 5.15. The molecule has 0 spiro atoms. The SMILES string of the molecule is CCC(=O)NC(Cc1cccc(Br)c1)C(=O)O. The molecule has 0 fully saturated rings. The number of carboxylic acid groups (broad SMARTS) is 1. The number of aliphatic carboxylic acids is 1. The van der Waals surface area contributed by atoms with Crippen molar-refractivity contribution in [2.24, 2.45) is 0 Å². The number of carbonyl (C=O) groups excluding carboxylic acids is 1. The number of rotatable bonds is 5. The summed E-state index contributed by atoms with van der Waals surface area (Å²) in [7, 11) is 0. The highest BCUT2D eigenvalue weighted by molar-refractivity contribution is 9.10. The molecule has 1 aromatic rings. The molecular weight excluding hydrogens is 286 g/mol. The number of carboxylic acids is 1. The lowest BCUT2D eigenvalue weighted by atomic mass is 10.1. The van der Waals surface area contributed by atoms with Gasteiger partial charge in [0.05, 0.1) is 0 Å². The quantitative estimate of drug-likeness (QED) is 0.873. The number of benzene rings is 1. The first kappa shape index (κ1) is 13.7. The first-order valence-electron chi connectivity index (χ1n) is 5.29. The summed E-state index contributed by atoms with van der Waals surface area (Å²) in [6.07, 6.45) is 0.558. The summed E-state index contributed by atoms with van der Waals surface area (Å²) in [5, 5.41) is 11.5. The van der Waals surface area contributed by atoms with Gasteiger partial charge in [0.25, 0.3) is 0 Å². The predicted octanol–water partition coefficient (Wildman–Crippen LogP) is 1.97. The van der Waals surface area contributed by atoms with Crippen LogP contribution < -0.4 is 5.32 Å². The fraction of sp³-hybridized carbons (Fsp3) is 0.333. The highest BCUT2D eigenvalue weighted by Gasteiger charge is 2.19. The van der Waals surface area contributed by atoms with Gasteiger partial charge in [0.2, 0.25) is 5.91 Å². The Hall–Kier alpha value is -1.36. The molecule has 5 heteroatoms. The Morgan fingerprint density at radius 1 is 1.47 bits per heavy atom. The summed E-state index contributed by atoms with van der Waals surface area (Å²) in [4.78, 5) is 22.2. The van der Waals surface area contributed by atoms with E-state index in [1.165, 1.54) is 0 Å². The number of carbonyl (C=O) groups is 2. The smallest absolute Gasteiger partial charge is 0.326 e. The second-order valence-corrected chi connectivity index (χ2v) is 4.56. The van der Waals surface area contributed by atoms with E-state index in [9.17, 15) is 9.59 Å². The molecule has 1 rings (SSSR count). The van der Waals surface area contributed by atoms with Gasteiger partial charge in [-0.25, -0.2) is 4.79 Å². The Morgan fingerprint density at radius 3 is 2.71 bits per heavy atom. The molecule has 0 saturated carbocycles. The molecule has 17 heavy (non-hydrogen) atoms. The van der Waals surface area contributed by atoms with Gasteiger partial charge in [-0.05, 0) is 17.7 Å². The molecule has 1 atom stereocenters. The van der Waals surface area contributed by atoms with E-state index >= 15 is 0 Å². The third-order valence-electron chi connectivity index (χ3n) is 2.28. The van der Waals surface area contributed by atoms with Crippen LogP contribution in [0.25, 0.3) is 0 Å². The lowest BCUT2D eigenvalue weighted by molar-refractivity contribution is -0.141. The van der Waals surface area contributed by atoms with Gasteiger partial charge in [-0.1, -0.05) is 35.0 Å². The van der Waals surface area contributed by atoms with Gasteiger partial charge < -0.3 is 10.4 Å². The summed E-state index contributed by atoms with van der Waals surface area (Å²) in [6, 6.07) is 6.49. The fourth-order valence-electron chi connectivity index (χ4n) is 1.40. The van der Waals surface area contributed by atoms with Gasteiger partial charge in [-0.3, -0.25) is 4.79 Å². The molecule has 0 heterocycles. The summed E-state index contributed by atoms with van der Waals surface area (Å²) in [6.45, 7) is 1.69. The highest BCUT2D eigenvalue weighted by Crippen LogP contribution is 2.13. The van der Waals surface area contributed by atoms with E-state index < -0.39 is 12.0 Å². The average molecular weight is 300 g/mol. The first-order valence-corrected chi connectivity index (χ1v) is 6.09. The number of hydrogen-bond donors (Lipinski definition) is 2. The van der Waals surface area contributed by atoms with Crippen molar-refractivity contribution in [1.29, 1.82) is 0 Å². The van der Waals surface area contributed by atoms with Gasteiger partial charge in [0.1, 0.15) is 6.04 Å². The van der Waals surface area contributed by atoms with Crippen molar-refractivity contribution < 1.29 is 14.7 Å². The molecule has 2 N–H and O–H groups in total. The van der Waals surface area contributed by atoms with Gasteiger partial charge >= 0.3 is 5.97 Å². The van der Waals surface area contributed by atoms with Crippen molar-refractivity contribution in [2.75, 3.05) is 0 Å².